The molecule has 0 fully saturated rings. The molecule has 6 heteroatoms. The topological polar surface area (TPSA) is 71.9 Å². The maximum Gasteiger partial charge on any atom is 0.339 e. The second-order valence-electron chi connectivity index (χ2n) is 4.47. The summed E-state index contributed by atoms with van der Waals surface area (Å²) in [5, 5.41) is 9.28. The van der Waals surface area contributed by atoms with Gasteiger partial charge in [-0.1, -0.05) is 0 Å². The van der Waals surface area contributed by atoms with Crippen LogP contribution in [0.3, 0.4) is 0 Å². The first-order chi connectivity index (χ1) is 9.60. The number of nitrogens with zero attached hydrogens (tertiary/aromatic N) is 2. The number of pyridine rings is 1. The van der Waals surface area contributed by atoms with Crippen molar-refractivity contribution in [3.63, 3.8) is 0 Å². The van der Waals surface area contributed by atoms with Crippen LogP contribution in [-0.2, 0) is 9.47 Å². The van der Waals surface area contributed by atoms with Crippen LogP contribution in [0.25, 0.3) is 0 Å². The second kappa shape index (κ2) is 8.50. The number of carboxylic acid groups (broad SMARTS) is 1. The molecule has 0 spiro atoms. The molecule has 0 saturated carbocycles. The highest BCUT2D eigenvalue weighted by Gasteiger charge is 2.16. The highest BCUT2D eigenvalue weighted by Crippen LogP contribution is 2.21. The van der Waals surface area contributed by atoms with Crippen LogP contribution >= 0.6 is 0 Å². The van der Waals surface area contributed by atoms with Gasteiger partial charge in [0.25, 0.3) is 0 Å². The lowest BCUT2D eigenvalue weighted by Crippen LogP contribution is -2.30. The number of hydrogen-bond donors (Lipinski definition) is 1. The molecule has 0 aliphatic heterocycles. The molecule has 0 aliphatic rings. The van der Waals surface area contributed by atoms with Crippen molar-refractivity contribution in [2.45, 2.75) is 13.3 Å². The van der Waals surface area contributed by atoms with Crippen LogP contribution in [0, 0.1) is 6.92 Å². The Labute approximate surface area is 119 Å². The number of ether oxygens (including phenoxy) is 2. The van der Waals surface area contributed by atoms with Crippen LogP contribution in [0.2, 0.25) is 0 Å². The third-order valence-electron chi connectivity index (χ3n) is 2.93. The number of carboxylic acids is 1. The molecule has 1 heterocycles. The lowest BCUT2D eigenvalue weighted by Gasteiger charge is -2.26. The Bertz CT molecular complexity index is 437. The van der Waals surface area contributed by atoms with Crippen LogP contribution in [0.5, 0.6) is 0 Å². The van der Waals surface area contributed by atoms with E-state index in [9.17, 15) is 9.90 Å². The highest BCUT2D eigenvalue weighted by molar-refractivity contribution is 5.94. The van der Waals surface area contributed by atoms with Gasteiger partial charge in [-0.25, -0.2) is 4.79 Å². The van der Waals surface area contributed by atoms with Crippen LogP contribution < -0.4 is 4.90 Å². The van der Waals surface area contributed by atoms with Gasteiger partial charge < -0.3 is 19.5 Å². The van der Waals surface area contributed by atoms with Gasteiger partial charge in [-0.2, -0.15) is 0 Å². The normalized spacial score (nSPS) is 10.6. The van der Waals surface area contributed by atoms with Crippen LogP contribution in [0.15, 0.2) is 12.3 Å². The first kappa shape index (κ1) is 16.4. The van der Waals surface area contributed by atoms with Crippen molar-refractivity contribution in [3.05, 3.63) is 23.5 Å². The summed E-state index contributed by atoms with van der Waals surface area (Å²) in [5.41, 5.74) is 1.68. The maximum absolute atomic E-state index is 11.3. The zero-order valence-electron chi connectivity index (χ0n) is 12.3. The second-order valence-corrected chi connectivity index (χ2v) is 4.47. The minimum atomic E-state index is -0.971. The monoisotopic (exact) mass is 282 g/mol. The molecule has 0 amide bonds. The fourth-order valence-electron chi connectivity index (χ4n) is 1.93. The van der Waals surface area contributed by atoms with Crippen molar-refractivity contribution in [1.82, 2.24) is 4.98 Å². The minimum absolute atomic E-state index is 0.212. The minimum Gasteiger partial charge on any atom is -0.478 e. The van der Waals surface area contributed by atoms with Crippen molar-refractivity contribution >= 4 is 11.7 Å². The molecule has 1 rings (SSSR count). The average Bonchev–Trinajstić information content (AvgIpc) is 2.42. The maximum atomic E-state index is 11.3. The number of aromatic nitrogens is 1. The number of carbonyl (C=O) groups is 1. The fraction of sp³-hybridized carbons (Fsp3) is 0.571. The summed E-state index contributed by atoms with van der Waals surface area (Å²) >= 11 is 0. The first-order valence-corrected chi connectivity index (χ1v) is 6.53. The quantitative estimate of drug-likeness (QED) is 0.693. The van der Waals surface area contributed by atoms with Gasteiger partial charge in [0.2, 0.25) is 0 Å². The Hall–Kier alpha value is -1.66. The van der Waals surface area contributed by atoms with E-state index in [-0.39, 0.29) is 5.56 Å². The number of anilines is 1. The molecule has 20 heavy (non-hydrogen) atoms. The predicted molar refractivity (Wildman–Crippen MR) is 76.5 cm³/mol. The molecule has 0 aliphatic carbocycles. The summed E-state index contributed by atoms with van der Waals surface area (Å²) in [6.45, 7) is 4.35. The molecule has 6 nitrogen and oxygen atoms in total. The Morgan fingerprint density at radius 2 is 2.00 bits per heavy atom. The summed E-state index contributed by atoms with van der Waals surface area (Å²) in [5.74, 6) is -0.971. The van der Waals surface area contributed by atoms with Crippen LogP contribution in [0.4, 0.5) is 5.69 Å². The fourth-order valence-corrected chi connectivity index (χ4v) is 1.93. The lowest BCUT2D eigenvalue weighted by atomic mass is 10.1. The van der Waals surface area contributed by atoms with E-state index in [4.69, 9.17) is 9.47 Å². The van der Waals surface area contributed by atoms with E-state index >= 15 is 0 Å². The average molecular weight is 282 g/mol. The van der Waals surface area contributed by atoms with Gasteiger partial charge in [0.15, 0.2) is 0 Å². The van der Waals surface area contributed by atoms with E-state index in [0.29, 0.717) is 32.0 Å². The summed E-state index contributed by atoms with van der Waals surface area (Å²) in [6.07, 6.45) is 2.23. The summed E-state index contributed by atoms with van der Waals surface area (Å²) in [6, 6.07) is 1.80. The molecule has 1 aromatic rings. The zero-order valence-corrected chi connectivity index (χ0v) is 12.3. The van der Waals surface area contributed by atoms with E-state index < -0.39 is 5.97 Å². The summed E-state index contributed by atoms with van der Waals surface area (Å²) in [4.78, 5) is 17.4. The molecular formula is C14H22N2O4. The van der Waals surface area contributed by atoms with Gasteiger partial charge in [-0.3, -0.25) is 4.98 Å². The molecule has 1 aromatic heterocycles. The lowest BCUT2D eigenvalue weighted by molar-refractivity contribution is 0.0697. The van der Waals surface area contributed by atoms with Gasteiger partial charge in [0.1, 0.15) is 5.56 Å². The number of aromatic carboxylic acids is 1. The smallest absolute Gasteiger partial charge is 0.339 e. The third kappa shape index (κ3) is 4.79. The van der Waals surface area contributed by atoms with E-state index in [1.54, 1.807) is 20.3 Å². The molecule has 1 N–H and O–H groups in total. The van der Waals surface area contributed by atoms with E-state index in [0.717, 1.165) is 12.1 Å². The summed E-state index contributed by atoms with van der Waals surface area (Å²) in [7, 11) is 3.28. The highest BCUT2D eigenvalue weighted by atomic mass is 16.5. The molecule has 0 saturated heterocycles. The van der Waals surface area contributed by atoms with Crippen molar-refractivity contribution in [2.75, 3.05) is 45.4 Å². The number of aryl methyl sites for hydroxylation is 1. The molecular weight excluding hydrogens is 260 g/mol. The third-order valence-corrected chi connectivity index (χ3v) is 2.93. The van der Waals surface area contributed by atoms with Gasteiger partial charge in [0, 0.05) is 45.8 Å². The van der Waals surface area contributed by atoms with Crippen LogP contribution in [0.1, 0.15) is 22.5 Å². The van der Waals surface area contributed by atoms with Crippen molar-refractivity contribution in [3.8, 4) is 0 Å². The number of methoxy groups -OCH3 is 2. The Morgan fingerprint density at radius 3 is 2.60 bits per heavy atom. The van der Waals surface area contributed by atoms with Crippen LogP contribution in [-0.4, -0.2) is 56.6 Å². The van der Waals surface area contributed by atoms with Crippen molar-refractivity contribution in [1.29, 1.82) is 0 Å². The molecule has 0 bridgehead atoms. The molecule has 0 atom stereocenters. The summed E-state index contributed by atoms with van der Waals surface area (Å²) < 4.78 is 10.1. The van der Waals surface area contributed by atoms with Gasteiger partial charge in [-0.15, -0.1) is 0 Å². The number of rotatable bonds is 9. The molecule has 112 valence electrons. The van der Waals surface area contributed by atoms with Crippen molar-refractivity contribution in [2.24, 2.45) is 0 Å². The van der Waals surface area contributed by atoms with Gasteiger partial charge in [-0.05, 0) is 19.4 Å². The zero-order chi connectivity index (χ0) is 15.0. The van der Waals surface area contributed by atoms with E-state index in [2.05, 4.69) is 4.98 Å². The molecule has 0 unspecified atom stereocenters. The van der Waals surface area contributed by atoms with E-state index in [1.807, 2.05) is 11.8 Å². The largest absolute Gasteiger partial charge is 0.478 e. The van der Waals surface area contributed by atoms with E-state index in [1.165, 1.54) is 6.20 Å². The molecule has 0 aromatic carbocycles. The van der Waals surface area contributed by atoms with Gasteiger partial charge in [0.05, 0.1) is 12.3 Å². The SMILES string of the molecule is COCCCN(CCOC)c1cc(C)ncc1C(=O)O. The Morgan fingerprint density at radius 1 is 1.30 bits per heavy atom. The first-order valence-electron chi connectivity index (χ1n) is 6.53. The Balaban J connectivity index is 2.97. The predicted octanol–water partition coefficient (Wildman–Crippen LogP) is 1.58. The Kier molecular flexibility index (Phi) is 6.97. The van der Waals surface area contributed by atoms with Gasteiger partial charge >= 0.3 is 5.97 Å². The number of hydrogen-bond acceptors (Lipinski definition) is 5. The molecule has 0 radical (unpaired) electrons. The standard InChI is InChI=1S/C14H22N2O4/c1-11-9-13(12(10-15-11)14(17)18)16(6-8-20-3)5-4-7-19-2/h9-10H,4-8H2,1-3H3,(H,17,18). The van der Waals surface area contributed by atoms with Crippen molar-refractivity contribution < 1.29 is 19.4 Å².